The van der Waals surface area contributed by atoms with E-state index in [9.17, 15) is 9.59 Å². The van der Waals surface area contributed by atoms with Crippen LogP contribution in [0.4, 0.5) is 0 Å². The van der Waals surface area contributed by atoms with Crippen LogP contribution in [-0.4, -0.2) is 94.1 Å². The molecule has 0 saturated carbocycles. The largest absolute Gasteiger partial charge is 2.00 e. The van der Waals surface area contributed by atoms with E-state index >= 15 is 0 Å². The number of carboxylic acids is 1. The molecule has 0 spiro atoms. The Labute approximate surface area is 112 Å². The van der Waals surface area contributed by atoms with Crippen LogP contribution in [0, 0.1) is 0 Å². The van der Waals surface area contributed by atoms with Crippen molar-refractivity contribution in [2.45, 2.75) is 12.2 Å². The number of rotatable bonds is 4. The third kappa shape index (κ3) is 4.94. The van der Waals surface area contributed by atoms with Gasteiger partial charge in [-0.3, -0.25) is 0 Å². The van der Waals surface area contributed by atoms with Crippen LogP contribution in [0.1, 0.15) is 0 Å². The average molecular weight is 266 g/mol. The van der Waals surface area contributed by atoms with E-state index in [4.69, 9.17) is 10.2 Å². The minimum Gasteiger partial charge on any atom is -0.479 e. The summed E-state index contributed by atoms with van der Waals surface area (Å²) in [4.78, 5) is 20.9. The molecule has 7 heteroatoms. The summed E-state index contributed by atoms with van der Waals surface area (Å²) in [6.45, 7) is 0. The zero-order valence-electron chi connectivity index (χ0n) is 7.39. The smallest absolute Gasteiger partial charge is 0.479 e. The molecule has 0 amide bonds. The minimum absolute atomic E-state index is 0. The molecule has 2 N–H and O–H groups in total. The van der Waals surface area contributed by atoms with Crippen molar-refractivity contribution < 1.29 is 29.3 Å². The molecule has 13 heavy (non-hydrogen) atoms. The van der Waals surface area contributed by atoms with Crippen LogP contribution >= 0.6 is 0 Å². The zero-order valence-corrected chi connectivity index (χ0v) is 10.9. The molecule has 0 fully saturated rings. The van der Waals surface area contributed by atoms with Crippen molar-refractivity contribution in [2.24, 2.45) is 0 Å². The third-order valence-electron chi connectivity index (χ3n) is 1.23. The van der Waals surface area contributed by atoms with E-state index < -0.39 is 24.1 Å². The summed E-state index contributed by atoms with van der Waals surface area (Å²) in [5.74, 6) is -2.46. The van der Waals surface area contributed by atoms with Gasteiger partial charge in [0, 0.05) is 7.11 Å². The van der Waals surface area contributed by atoms with Crippen molar-refractivity contribution in [1.29, 1.82) is 0 Å². The van der Waals surface area contributed by atoms with E-state index in [2.05, 4.69) is 9.47 Å². The third-order valence-corrected chi connectivity index (χ3v) is 1.23. The van der Waals surface area contributed by atoms with Crippen molar-refractivity contribution in [3.8, 4) is 0 Å². The molecule has 2 atom stereocenters. The van der Waals surface area contributed by atoms with Gasteiger partial charge in [0.05, 0.1) is 7.11 Å². The van der Waals surface area contributed by atoms with Crippen molar-refractivity contribution in [1.82, 2.24) is 0 Å². The number of carboxylic acid groups (broad SMARTS) is 1. The Kier molecular flexibility index (Phi) is 9.38. The summed E-state index contributed by atoms with van der Waals surface area (Å²) < 4.78 is 8.46. The van der Waals surface area contributed by atoms with Gasteiger partial charge in [0.2, 0.25) is 0 Å². The van der Waals surface area contributed by atoms with Gasteiger partial charge in [0.15, 0.2) is 12.2 Å². The number of esters is 1. The van der Waals surface area contributed by atoms with Crippen molar-refractivity contribution in [3.63, 3.8) is 0 Å². The molecule has 0 saturated heterocycles. The number of aliphatic hydroxyl groups excluding tert-OH is 1. The number of carbonyl (C=O) groups is 2. The van der Waals surface area contributed by atoms with Crippen LogP contribution in [-0.2, 0) is 19.1 Å². The molecular weight excluding hydrogens is 256 g/mol. The molecule has 6 nitrogen and oxygen atoms in total. The molecule has 0 aromatic carbocycles. The second kappa shape index (κ2) is 7.72. The fraction of sp³-hybridized carbons (Fsp3) is 0.667. The summed E-state index contributed by atoms with van der Waals surface area (Å²) in [5.41, 5.74) is 0. The topological polar surface area (TPSA) is 93.1 Å². The molecule has 0 radical (unpaired) electrons. The monoisotopic (exact) mass is 266 g/mol. The van der Waals surface area contributed by atoms with Gasteiger partial charge >= 0.3 is 57.4 Å². The number of aliphatic hydroxyl groups is 1. The molecule has 0 aromatic rings. The molecule has 0 heterocycles. The van der Waals surface area contributed by atoms with Crippen LogP contribution in [0.5, 0.6) is 0 Å². The molecule has 70 valence electrons. The average Bonchev–Trinajstić information content (AvgIpc) is 2.03. The number of aliphatic carboxylic acids is 1. The number of carbonyl (C=O) groups excluding carboxylic acids is 1. The predicted octanol–water partition coefficient (Wildman–Crippen LogP) is -1.76. The number of methoxy groups -OCH3 is 2. The zero-order chi connectivity index (χ0) is 9.72. The first-order chi connectivity index (χ1) is 5.54. The van der Waals surface area contributed by atoms with Crippen molar-refractivity contribution >= 4 is 57.4 Å². The summed E-state index contributed by atoms with van der Waals surface area (Å²) in [6.07, 6.45) is -3.38. The SMILES string of the molecule is COC(=O)C(O)C(OC)C(=O)O.[Sr+2]. The number of hydrogen-bond donors (Lipinski definition) is 2. The van der Waals surface area contributed by atoms with Crippen molar-refractivity contribution in [3.05, 3.63) is 0 Å². The van der Waals surface area contributed by atoms with E-state index in [1.54, 1.807) is 0 Å². The van der Waals surface area contributed by atoms with Crippen molar-refractivity contribution in [2.75, 3.05) is 14.2 Å². The van der Waals surface area contributed by atoms with Gasteiger partial charge in [-0.15, -0.1) is 0 Å². The molecule has 0 rings (SSSR count). The maximum Gasteiger partial charge on any atom is 2.00 e. The van der Waals surface area contributed by atoms with Gasteiger partial charge in [0.25, 0.3) is 0 Å². The molecule has 0 bridgehead atoms. The van der Waals surface area contributed by atoms with Crippen LogP contribution in [0.2, 0.25) is 0 Å². The van der Waals surface area contributed by atoms with Crippen LogP contribution in [0.15, 0.2) is 0 Å². The first kappa shape index (κ1) is 15.8. The van der Waals surface area contributed by atoms with Crippen LogP contribution in [0.25, 0.3) is 0 Å². The fourth-order valence-electron chi connectivity index (χ4n) is 0.609. The van der Waals surface area contributed by atoms with Crippen LogP contribution in [0.3, 0.4) is 0 Å². The maximum atomic E-state index is 10.6. The van der Waals surface area contributed by atoms with Gasteiger partial charge in [-0.2, -0.15) is 0 Å². The Morgan fingerprint density at radius 1 is 1.31 bits per heavy atom. The quantitative estimate of drug-likeness (QED) is 0.462. The molecule has 0 aromatic heterocycles. The molecule has 2 unspecified atom stereocenters. The summed E-state index contributed by atoms with van der Waals surface area (Å²) in [6, 6.07) is 0. The molecule has 0 aliphatic rings. The van der Waals surface area contributed by atoms with E-state index in [1.165, 1.54) is 0 Å². The Hall–Kier alpha value is 0.341. The van der Waals surface area contributed by atoms with Gasteiger partial charge < -0.3 is 19.7 Å². The van der Waals surface area contributed by atoms with Gasteiger partial charge in [-0.25, -0.2) is 9.59 Å². The summed E-state index contributed by atoms with van der Waals surface area (Å²) in [7, 11) is 2.12. The predicted molar refractivity (Wildman–Crippen MR) is 42.2 cm³/mol. The van der Waals surface area contributed by atoms with Gasteiger partial charge in [-0.05, 0) is 0 Å². The minimum atomic E-state index is -1.79. The first-order valence-electron chi connectivity index (χ1n) is 3.06. The Bertz CT molecular complexity index is 182. The maximum absolute atomic E-state index is 10.6. The number of ether oxygens (including phenoxy) is 2. The fourth-order valence-corrected chi connectivity index (χ4v) is 0.609. The summed E-state index contributed by atoms with van der Waals surface area (Å²) in [5, 5.41) is 17.4. The second-order valence-electron chi connectivity index (χ2n) is 1.96. The Morgan fingerprint density at radius 3 is 2.00 bits per heavy atom. The first-order valence-corrected chi connectivity index (χ1v) is 3.06. The van der Waals surface area contributed by atoms with Crippen LogP contribution < -0.4 is 0 Å². The molecular formula is C6H10O6Sr+2. The standard InChI is InChI=1S/C6H10O6.Sr/c1-11-4(5(8)9)3(7)6(10)12-2;/h3-4,7H,1-2H3,(H,8,9);/q;+2. The van der Waals surface area contributed by atoms with Gasteiger partial charge in [0.1, 0.15) is 0 Å². The van der Waals surface area contributed by atoms with Gasteiger partial charge in [-0.1, -0.05) is 0 Å². The van der Waals surface area contributed by atoms with E-state index in [1.807, 2.05) is 0 Å². The normalized spacial score (nSPS) is 13.8. The Morgan fingerprint density at radius 2 is 1.77 bits per heavy atom. The van der Waals surface area contributed by atoms with E-state index in [0.717, 1.165) is 14.2 Å². The van der Waals surface area contributed by atoms with E-state index in [-0.39, 0.29) is 45.5 Å². The number of hydrogen-bond acceptors (Lipinski definition) is 5. The molecule has 0 aliphatic heterocycles. The second-order valence-corrected chi connectivity index (χ2v) is 1.96. The van der Waals surface area contributed by atoms with E-state index in [0.29, 0.717) is 0 Å². The molecule has 0 aliphatic carbocycles. The Balaban J connectivity index is 0. The summed E-state index contributed by atoms with van der Waals surface area (Å²) >= 11 is 0.